The van der Waals surface area contributed by atoms with Crippen LogP contribution in [-0.4, -0.2) is 34.6 Å². The van der Waals surface area contributed by atoms with Crippen LogP contribution >= 0.6 is 0 Å². The van der Waals surface area contributed by atoms with E-state index < -0.39 is 11.5 Å². The fraction of sp³-hybridized carbons (Fsp3) is 0.324. The zero-order valence-corrected chi connectivity index (χ0v) is 23.4. The van der Waals surface area contributed by atoms with Crippen LogP contribution < -0.4 is 10.2 Å². The van der Waals surface area contributed by atoms with Gasteiger partial charge in [0.25, 0.3) is 5.91 Å². The van der Waals surface area contributed by atoms with E-state index in [0.29, 0.717) is 17.4 Å². The molecule has 2 aliphatic rings. The molecule has 2 unspecified atom stereocenters. The Morgan fingerprint density at radius 3 is 2.35 bits per heavy atom. The lowest BCUT2D eigenvalue weighted by Crippen LogP contribution is -2.41. The van der Waals surface area contributed by atoms with E-state index in [1.165, 1.54) is 31.2 Å². The Kier molecular flexibility index (Phi) is 7.88. The van der Waals surface area contributed by atoms with Gasteiger partial charge in [0.05, 0.1) is 17.3 Å². The van der Waals surface area contributed by atoms with Crippen molar-refractivity contribution in [2.45, 2.75) is 57.0 Å². The molecule has 3 aromatic rings. The van der Waals surface area contributed by atoms with E-state index in [-0.39, 0.29) is 11.9 Å². The minimum Gasteiger partial charge on any atom is -0.478 e. The van der Waals surface area contributed by atoms with E-state index in [0.717, 1.165) is 28.6 Å². The summed E-state index contributed by atoms with van der Waals surface area (Å²) in [5.74, 6) is -0.0848. The number of carbonyl (C=O) groups excluding carboxylic acids is 1. The highest BCUT2D eigenvalue weighted by Gasteiger charge is 2.43. The molecule has 1 amide bonds. The Labute approximate surface area is 236 Å². The third-order valence-corrected chi connectivity index (χ3v) is 8.17. The van der Waals surface area contributed by atoms with Crippen LogP contribution in [0.15, 0.2) is 79.0 Å². The molecule has 0 bridgehead atoms. The molecular formula is C34H37N3O3. The lowest BCUT2D eigenvalue weighted by atomic mass is 9.80. The molecule has 0 radical (unpaired) electrons. The van der Waals surface area contributed by atoms with Crippen LogP contribution in [0.2, 0.25) is 0 Å². The number of amides is 1. The lowest BCUT2D eigenvalue weighted by molar-refractivity contribution is -0.131. The number of rotatable bonds is 8. The third kappa shape index (κ3) is 6.01. The molecule has 2 aromatic carbocycles. The summed E-state index contributed by atoms with van der Waals surface area (Å²) in [5, 5.41) is 12.0. The lowest BCUT2D eigenvalue weighted by Gasteiger charge is -2.30. The van der Waals surface area contributed by atoms with Gasteiger partial charge in [-0.3, -0.25) is 9.78 Å². The van der Waals surface area contributed by atoms with Crippen molar-refractivity contribution in [2.75, 3.05) is 11.9 Å². The van der Waals surface area contributed by atoms with Crippen molar-refractivity contribution in [2.24, 2.45) is 5.92 Å². The molecular weight excluding hydrogens is 498 g/mol. The van der Waals surface area contributed by atoms with Gasteiger partial charge in [-0.2, -0.15) is 0 Å². The summed E-state index contributed by atoms with van der Waals surface area (Å²) in [7, 11) is 2.13. The minimum absolute atomic E-state index is 0.112. The fourth-order valence-electron chi connectivity index (χ4n) is 6.19. The number of hydrogen-bond acceptors (Lipinski definition) is 4. The molecule has 1 saturated carbocycles. The van der Waals surface area contributed by atoms with E-state index in [1.54, 1.807) is 6.08 Å². The number of likely N-dealkylation sites (N-methyl/N-ethyl adjacent to an activating group) is 1. The number of carboxylic acids is 1. The first-order valence-electron chi connectivity index (χ1n) is 14.0. The van der Waals surface area contributed by atoms with Gasteiger partial charge in [-0.05, 0) is 79.6 Å². The van der Waals surface area contributed by atoms with E-state index in [1.807, 2.05) is 74.7 Å². The summed E-state index contributed by atoms with van der Waals surface area (Å²) in [6.45, 7) is 3.94. The van der Waals surface area contributed by atoms with Gasteiger partial charge in [0.2, 0.25) is 0 Å². The number of carboxylic acid groups (broad SMARTS) is 1. The minimum atomic E-state index is -0.974. The number of nitrogens with zero attached hydrogens (tertiary/aromatic N) is 2. The average molecular weight is 536 g/mol. The number of nitrogens with one attached hydrogen (secondary N) is 1. The Balaban J connectivity index is 1.33. The summed E-state index contributed by atoms with van der Waals surface area (Å²) in [6.07, 6.45) is 13.5. The Hall–Kier alpha value is -4.19. The van der Waals surface area contributed by atoms with Crippen LogP contribution in [0.4, 0.5) is 5.69 Å². The second kappa shape index (κ2) is 11.5. The highest BCUT2D eigenvalue weighted by atomic mass is 16.4. The van der Waals surface area contributed by atoms with Crippen molar-refractivity contribution in [1.82, 2.24) is 10.3 Å². The number of carbonyl (C=O) groups is 2. The van der Waals surface area contributed by atoms with Gasteiger partial charge in [-0.15, -0.1) is 0 Å². The first kappa shape index (κ1) is 27.4. The first-order valence-corrected chi connectivity index (χ1v) is 14.0. The van der Waals surface area contributed by atoms with E-state index in [2.05, 4.69) is 35.5 Å². The molecule has 1 aliphatic heterocycles. The van der Waals surface area contributed by atoms with E-state index in [4.69, 9.17) is 10.1 Å². The van der Waals surface area contributed by atoms with Gasteiger partial charge in [0, 0.05) is 36.5 Å². The molecule has 0 spiro atoms. The normalized spacial score (nSPS) is 19.4. The smallest absolute Gasteiger partial charge is 0.328 e. The predicted octanol–water partition coefficient (Wildman–Crippen LogP) is 6.87. The molecule has 0 saturated heterocycles. The number of pyridine rings is 1. The van der Waals surface area contributed by atoms with E-state index in [9.17, 15) is 9.59 Å². The third-order valence-electron chi connectivity index (χ3n) is 8.17. The quantitative estimate of drug-likeness (QED) is 0.308. The molecule has 2 heterocycles. The van der Waals surface area contributed by atoms with E-state index >= 15 is 0 Å². The highest BCUT2D eigenvalue weighted by molar-refractivity contribution is 5.96. The molecule has 206 valence electrons. The van der Waals surface area contributed by atoms with Crippen molar-refractivity contribution in [3.63, 3.8) is 0 Å². The maximum Gasteiger partial charge on any atom is 0.328 e. The van der Waals surface area contributed by atoms with Gasteiger partial charge in [-0.25, -0.2) is 4.79 Å². The predicted molar refractivity (Wildman–Crippen MR) is 160 cm³/mol. The number of anilines is 1. The van der Waals surface area contributed by atoms with Gasteiger partial charge in [-0.1, -0.05) is 61.4 Å². The molecule has 1 aromatic heterocycles. The van der Waals surface area contributed by atoms with Crippen molar-refractivity contribution in [3.8, 4) is 0 Å². The van der Waals surface area contributed by atoms with Gasteiger partial charge in [0.15, 0.2) is 0 Å². The maximum absolute atomic E-state index is 13.4. The molecule has 6 heteroatoms. The number of aliphatic carboxylic acids is 1. The van der Waals surface area contributed by atoms with Crippen LogP contribution in [0.3, 0.4) is 0 Å². The summed E-state index contributed by atoms with van der Waals surface area (Å²) in [5.41, 5.74) is 5.37. The fourth-order valence-corrected chi connectivity index (χ4v) is 6.19. The van der Waals surface area contributed by atoms with Crippen LogP contribution in [0, 0.1) is 5.92 Å². The number of benzene rings is 2. The van der Waals surface area contributed by atoms with Crippen LogP contribution in [0.25, 0.3) is 12.2 Å². The van der Waals surface area contributed by atoms with Gasteiger partial charge >= 0.3 is 5.97 Å². The molecule has 6 nitrogen and oxygen atoms in total. The SMILES string of the molecule is CN1c2cc(C(=O)NC(C)(C)/C=C/c3ccc(/C=C/C(=O)O)cc3)ccc2C(C2CCCC2)C1c1ccccn1. The van der Waals surface area contributed by atoms with Gasteiger partial charge in [0.1, 0.15) is 0 Å². The summed E-state index contributed by atoms with van der Waals surface area (Å²) >= 11 is 0. The molecule has 1 fully saturated rings. The summed E-state index contributed by atoms with van der Waals surface area (Å²) < 4.78 is 0. The molecule has 1 aliphatic carbocycles. The Bertz CT molecular complexity index is 1420. The number of fused-ring (bicyclic) bond motifs is 1. The van der Waals surface area contributed by atoms with Crippen LogP contribution in [-0.2, 0) is 4.79 Å². The monoisotopic (exact) mass is 535 g/mol. The second-order valence-electron chi connectivity index (χ2n) is 11.5. The topological polar surface area (TPSA) is 82.5 Å². The standard InChI is InChI=1S/C34H37N3O3/c1-34(2,20-19-24-13-11-23(12-14-24)15-18-30(38)39)36-33(40)26-16-17-27-29(22-26)37(3)32(28-10-6-7-21-35-28)31(27)25-8-4-5-9-25/h6-7,10-22,25,31-32H,4-5,8-9H2,1-3H3,(H,36,40)(H,38,39)/b18-15+,20-19+. The Morgan fingerprint density at radius 2 is 1.70 bits per heavy atom. The van der Waals surface area contributed by atoms with Crippen molar-refractivity contribution in [3.05, 3.63) is 107 Å². The summed E-state index contributed by atoms with van der Waals surface area (Å²) in [4.78, 5) is 31.2. The Morgan fingerprint density at radius 1 is 1.00 bits per heavy atom. The second-order valence-corrected chi connectivity index (χ2v) is 11.5. The summed E-state index contributed by atoms with van der Waals surface area (Å²) in [6, 6.07) is 20.1. The number of aromatic nitrogens is 1. The molecule has 2 atom stereocenters. The largest absolute Gasteiger partial charge is 0.478 e. The average Bonchev–Trinajstić information content (AvgIpc) is 3.57. The zero-order valence-electron chi connectivity index (χ0n) is 23.4. The first-order chi connectivity index (χ1) is 19.2. The highest BCUT2D eigenvalue weighted by Crippen LogP contribution is 2.54. The zero-order chi connectivity index (χ0) is 28.3. The van der Waals surface area contributed by atoms with Gasteiger partial charge < -0.3 is 15.3 Å². The molecule has 40 heavy (non-hydrogen) atoms. The van der Waals surface area contributed by atoms with Crippen LogP contribution in [0.1, 0.15) is 84.2 Å². The number of hydrogen-bond donors (Lipinski definition) is 2. The van der Waals surface area contributed by atoms with Crippen molar-refractivity contribution < 1.29 is 14.7 Å². The maximum atomic E-state index is 13.4. The van der Waals surface area contributed by atoms with Crippen molar-refractivity contribution in [1.29, 1.82) is 0 Å². The van der Waals surface area contributed by atoms with Crippen LogP contribution in [0.5, 0.6) is 0 Å². The molecule has 2 N–H and O–H groups in total. The van der Waals surface area contributed by atoms with Crippen molar-refractivity contribution >= 4 is 29.7 Å². The molecule has 5 rings (SSSR count).